The molecule has 1 aromatic carbocycles. The molecule has 2 fully saturated rings. The van der Waals surface area contributed by atoms with Crippen LogP contribution in [0.25, 0.3) is 11.1 Å². The molecule has 3 N–H and O–H groups in total. The Morgan fingerprint density at radius 1 is 1.03 bits per heavy atom. The van der Waals surface area contributed by atoms with Gasteiger partial charge in [-0.25, -0.2) is 4.98 Å². The first-order valence-corrected chi connectivity index (χ1v) is 11.5. The van der Waals surface area contributed by atoms with Crippen molar-refractivity contribution in [1.82, 2.24) is 14.8 Å². The third-order valence-corrected chi connectivity index (χ3v) is 6.76. The van der Waals surface area contributed by atoms with Crippen molar-refractivity contribution in [3.63, 3.8) is 0 Å². The first-order valence-electron chi connectivity index (χ1n) is 11.5. The van der Waals surface area contributed by atoms with Crippen LogP contribution < -0.4 is 5.73 Å². The SMILES string of the molecule is CN1CCN(C(=O)c2ccc(-c3cnc(N)c(C(=O)CC4CCC(O)CC4)c3)cc2)CC1. The Kier molecular flexibility index (Phi) is 6.86. The molecule has 32 heavy (non-hydrogen) atoms. The second-order valence-corrected chi connectivity index (χ2v) is 9.13. The van der Waals surface area contributed by atoms with Crippen molar-refractivity contribution in [3.05, 3.63) is 47.7 Å². The fourth-order valence-corrected chi connectivity index (χ4v) is 4.58. The third kappa shape index (κ3) is 5.16. The highest BCUT2D eigenvalue weighted by Crippen LogP contribution is 2.30. The van der Waals surface area contributed by atoms with Crippen LogP contribution in [0.15, 0.2) is 36.5 Å². The molecule has 1 saturated heterocycles. The smallest absolute Gasteiger partial charge is 0.253 e. The average molecular weight is 437 g/mol. The van der Waals surface area contributed by atoms with E-state index in [1.807, 2.05) is 29.2 Å². The molecular formula is C25H32N4O3. The number of carbonyl (C=O) groups excluding carboxylic acids is 2. The molecule has 0 atom stereocenters. The quantitative estimate of drug-likeness (QED) is 0.699. The Morgan fingerprint density at radius 2 is 1.69 bits per heavy atom. The lowest BCUT2D eigenvalue weighted by Gasteiger charge is -2.32. The molecular weight excluding hydrogens is 404 g/mol. The van der Waals surface area contributed by atoms with Crippen LogP contribution in [0.2, 0.25) is 0 Å². The predicted octanol–water partition coefficient (Wildman–Crippen LogP) is 2.84. The van der Waals surface area contributed by atoms with Gasteiger partial charge in [-0.15, -0.1) is 0 Å². The molecule has 2 heterocycles. The minimum Gasteiger partial charge on any atom is -0.393 e. The van der Waals surface area contributed by atoms with Gasteiger partial charge in [0.25, 0.3) is 5.91 Å². The molecule has 7 heteroatoms. The van der Waals surface area contributed by atoms with E-state index in [2.05, 4.69) is 16.9 Å². The fraction of sp³-hybridized carbons (Fsp3) is 0.480. The molecule has 2 aromatic rings. The summed E-state index contributed by atoms with van der Waals surface area (Å²) in [6.45, 7) is 3.26. The zero-order chi connectivity index (χ0) is 22.7. The lowest BCUT2D eigenvalue weighted by molar-refractivity contribution is 0.0664. The van der Waals surface area contributed by atoms with Gasteiger partial charge in [-0.2, -0.15) is 0 Å². The molecule has 4 rings (SSSR count). The van der Waals surface area contributed by atoms with Crippen molar-refractivity contribution >= 4 is 17.5 Å². The number of piperazine rings is 1. The maximum absolute atomic E-state index is 12.9. The second kappa shape index (κ2) is 9.79. The number of likely N-dealkylation sites (N-methyl/N-ethyl adjacent to an activating group) is 1. The van der Waals surface area contributed by atoms with Crippen molar-refractivity contribution in [1.29, 1.82) is 0 Å². The van der Waals surface area contributed by atoms with E-state index in [1.165, 1.54) is 0 Å². The Morgan fingerprint density at radius 3 is 2.34 bits per heavy atom. The number of Topliss-reactive ketones (excluding diaryl/α,β-unsaturated/α-hetero) is 1. The number of amides is 1. The largest absolute Gasteiger partial charge is 0.393 e. The molecule has 1 saturated carbocycles. The van der Waals surface area contributed by atoms with Crippen LogP contribution in [0.1, 0.15) is 52.8 Å². The molecule has 0 bridgehead atoms. The Bertz CT molecular complexity index is 960. The summed E-state index contributed by atoms with van der Waals surface area (Å²) in [4.78, 5) is 34.0. The number of aromatic nitrogens is 1. The van der Waals surface area contributed by atoms with Crippen LogP contribution in [0.5, 0.6) is 0 Å². The molecule has 1 amide bonds. The molecule has 0 spiro atoms. The van der Waals surface area contributed by atoms with E-state index in [4.69, 9.17) is 5.73 Å². The van der Waals surface area contributed by atoms with Gasteiger partial charge in [0, 0.05) is 49.9 Å². The highest BCUT2D eigenvalue weighted by atomic mass is 16.3. The zero-order valence-corrected chi connectivity index (χ0v) is 18.7. The predicted molar refractivity (Wildman–Crippen MR) is 124 cm³/mol. The number of nitrogens with two attached hydrogens (primary N) is 1. The minimum atomic E-state index is -0.234. The van der Waals surface area contributed by atoms with E-state index >= 15 is 0 Å². The number of nitrogens with zero attached hydrogens (tertiary/aromatic N) is 3. The maximum Gasteiger partial charge on any atom is 0.253 e. The summed E-state index contributed by atoms with van der Waals surface area (Å²) < 4.78 is 0. The first kappa shape index (κ1) is 22.4. The second-order valence-electron chi connectivity index (χ2n) is 9.13. The number of hydrogen-bond acceptors (Lipinski definition) is 6. The van der Waals surface area contributed by atoms with Crippen LogP contribution >= 0.6 is 0 Å². The molecule has 0 radical (unpaired) electrons. The van der Waals surface area contributed by atoms with Gasteiger partial charge in [0.15, 0.2) is 5.78 Å². The number of rotatable bonds is 5. The number of nitrogen functional groups attached to an aromatic ring is 1. The van der Waals surface area contributed by atoms with Crippen LogP contribution in [-0.4, -0.2) is 70.9 Å². The van der Waals surface area contributed by atoms with Gasteiger partial charge < -0.3 is 20.6 Å². The van der Waals surface area contributed by atoms with Gasteiger partial charge in [-0.1, -0.05) is 12.1 Å². The molecule has 1 aliphatic carbocycles. The number of pyridine rings is 1. The normalized spacial score (nSPS) is 22.0. The summed E-state index contributed by atoms with van der Waals surface area (Å²) >= 11 is 0. The van der Waals surface area contributed by atoms with Crippen LogP contribution in [0, 0.1) is 5.92 Å². The lowest BCUT2D eigenvalue weighted by Crippen LogP contribution is -2.47. The molecule has 170 valence electrons. The third-order valence-electron chi connectivity index (χ3n) is 6.76. The van der Waals surface area contributed by atoms with Crippen molar-refractivity contribution in [2.24, 2.45) is 5.92 Å². The number of benzene rings is 1. The fourth-order valence-electron chi connectivity index (χ4n) is 4.58. The van der Waals surface area contributed by atoms with E-state index in [-0.39, 0.29) is 29.5 Å². The van der Waals surface area contributed by atoms with Crippen molar-refractivity contribution in [2.75, 3.05) is 39.0 Å². The zero-order valence-electron chi connectivity index (χ0n) is 18.7. The van der Waals surface area contributed by atoms with E-state index in [0.29, 0.717) is 17.5 Å². The van der Waals surface area contributed by atoms with Gasteiger partial charge in [0.2, 0.25) is 0 Å². The Balaban J connectivity index is 1.45. The van der Waals surface area contributed by atoms with Gasteiger partial charge in [0.05, 0.1) is 11.7 Å². The summed E-state index contributed by atoms with van der Waals surface area (Å²) in [5.74, 6) is 0.582. The highest BCUT2D eigenvalue weighted by Gasteiger charge is 2.24. The van der Waals surface area contributed by atoms with Crippen molar-refractivity contribution in [2.45, 2.75) is 38.2 Å². The summed E-state index contributed by atoms with van der Waals surface area (Å²) in [5, 5.41) is 9.68. The molecule has 7 nitrogen and oxygen atoms in total. The molecule has 0 unspecified atom stereocenters. The van der Waals surface area contributed by atoms with Crippen LogP contribution in [-0.2, 0) is 0 Å². The molecule has 1 aliphatic heterocycles. The van der Waals surface area contributed by atoms with Crippen molar-refractivity contribution < 1.29 is 14.7 Å². The highest BCUT2D eigenvalue weighted by molar-refractivity contribution is 6.01. The van der Waals surface area contributed by atoms with Gasteiger partial charge in [0.1, 0.15) is 5.82 Å². The van der Waals surface area contributed by atoms with Crippen LogP contribution in [0.3, 0.4) is 0 Å². The summed E-state index contributed by atoms with van der Waals surface area (Å²) in [7, 11) is 2.07. The van der Waals surface area contributed by atoms with Crippen molar-refractivity contribution in [3.8, 4) is 11.1 Å². The van der Waals surface area contributed by atoms with Gasteiger partial charge in [-0.05, 0) is 62.4 Å². The average Bonchev–Trinajstić information content (AvgIpc) is 2.81. The monoisotopic (exact) mass is 436 g/mol. The first-order chi connectivity index (χ1) is 15.4. The van der Waals surface area contributed by atoms with E-state index in [1.54, 1.807) is 12.3 Å². The maximum atomic E-state index is 12.9. The van der Waals surface area contributed by atoms with E-state index < -0.39 is 0 Å². The number of hydrogen-bond donors (Lipinski definition) is 2. The number of aliphatic hydroxyl groups excluding tert-OH is 1. The summed E-state index contributed by atoms with van der Waals surface area (Å²) in [6.07, 6.45) is 5.10. The minimum absolute atomic E-state index is 0.0000965. The number of aliphatic hydroxyl groups is 1. The molecule has 1 aromatic heterocycles. The Labute approximate surface area is 189 Å². The number of ketones is 1. The van der Waals surface area contributed by atoms with Gasteiger partial charge >= 0.3 is 0 Å². The summed E-state index contributed by atoms with van der Waals surface area (Å²) in [5.41, 5.74) is 8.84. The topological polar surface area (TPSA) is 99.8 Å². The molecule has 2 aliphatic rings. The standard InChI is InChI=1S/C25H32N4O3/c1-28-10-12-29(13-11-28)25(32)19-6-4-18(5-7-19)20-15-22(24(26)27-16-20)23(31)14-17-2-8-21(30)9-3-17/h4-7,15-17,21,30H,2-3,8-14H2,1H3,(H2,26,27). The van der Waals surface area contributed by atoms with Crippen LogP contribution in [0.4, 0.5) is 5.82 Å². The number of anilines is 1. The van der Waals surface area contributed by atoms with Gasteiger partial charge in [-0.3, -0.25) is 9.59 Å². The Hall–Kier alpha value is -2.77. The summed E-state index contributed by atoms with van der Waals surface area (Å²) in [6, 6.07) is 9.27. The number of carbonyl (C=O) groups is 2. The van der Waals surface area contributed by atoms with E-state index in [9.17, 15) is 14.7 Å². The lowest BCUT2D eigenvalue weighted by atomic mass is 9.83. The van der Waals surface area contributed by atoms with E-state index in [0.717, 1.165) is 63.0 Å².